The smallest absolute Gasteiger partial charge is 0.0602 e. The normalized spacial score (nSPS) is 24.8. The lowest BCUT2D eigenvalue weighted by Gasteiger charge is -2.47. The predicted octanol–water partition coefficient (Wildman–Crippen LogP) is 2.52. The summed E-state index contributed by atoms with van der Waals surface area (Å²) in [7, 11) is 0. The van der Waals surface area contributed by atoms with Crippen molar-refractivity contribution in [3.05, 3.63) is 0 Å². The molecule has 1 saturated carbocycles. The molecule has 0 aromatic carbocycles. The Hall–Kier alpha value is -0.480. The van der Waals surface area contributed by atoms with Crippen LogP contribution in [0, 0.1) is 23.2 Å². The van der Waals surface area contributed by atoms with Gasteiger partial charge in [-0.1, -0.05) is 38.5 Å². The van der Waals surface area contributed by atoms with Crippen LogP contribution in [-0.2, 0) is 0 Å². The number of likely N-dealkylation sites (tertiary alicyclic amines) is 1. The zero-order valence-electron chi connectivity index (χ0n) is 9.47. The topological polar surface area (TPSA) is 3.24 Å². The van der Waals surface area contributed by atoms with E-state index in [2.05, 4.69) is 30.6 Å². The van der Waals surface area contributed by atoms with Crippen LogP contribution >= 0.6 is 0 Å². The van der Waals surface area contributed by atoms with E-state index < -0.39 is 0 Å². The summed E-state index contributed by atoms with van der Waals surface area (Å²) in [4.78, 5) is 2.50. The zero-order chi connectivity index (χ0) is 10.0. The third kappa shape index (κ3) is 2.12. The summed E-state index contributed by atoms with van der Waals surface area (Å²) in [5, 5.41) is 0. The van der Waals surface area contributed by atoms with E-state index in [0.717, 1.165) is 12.0 Å². The van der Waals surface area contributed by atoms with Crippen LogP contribution in [0.4, 0.5) is 0 Å². The van der Waals surface area contributed by atoms with Crippen LogP contribution in [0.3, 0.4) is 0 Å². The molecule has 14 heavy (non-hydrogen) atoms. The van der Waals surface area contributed by atoms with Gasteiger partial charge in [0.15, 0.2) is 0 Å². The maximum Gasteiger partial charge on any atom is 0.0602 e. The van der Waals surface area contributed by atoms with Gasteiger partial charge >= 0.3 is 0 Å². The minimum atomic E-state index is 0.525. The van der Waals surface area contributed by atoms with Gasteiger partial charge in [-0.05, 0) is 18.3 Å². The van der Waals surface area contributed by atoms with E-state index in [1.807, 2.05) is 0 Å². The fraction of sp³-hybridized carbons (Fsp3) is 0.846. The molecule has 1 spiro atoms. The fourth-order valence-corrected chi connectivity index (χ4v) is 2.82. The van der Waals surface area contributed by atoms with Gasteiger partial charge in [0, 0.05) is 19.0 Å². The molecular formula is C13H21N. The SMILES string of the molecule is CC(C)C#CCN1CC2(CCCC2)C1. The van der Waals surface area contributed by atoms with Gasteiger partial charge in [-0.25, -0.2) is 0 Å². The summed E-state index contributed by atoms with van der Waals surface area (Å²) in [5.41, 5.74) is 0.736. The second kappa shape index (κ2) is 3.95. The van der Waals surface area contributed by atoms with Gasteiger partial charge < -0.3 is 0 Å². The van der Waals surface area contributed by atoms with Gasteiger partial charge in [-0.2, -0.15) is 0 Å². The average molecular weight is 191 g/mol. The molecule has 0 aromatic heterocycles. The fourth-order valence-electron chi connectivity index (χ4n) is 2.82. The Balaban J connectivity index is 1.71. The molecule has 0 radical (unpaired) electrons. The third-order valence-corrected chi connectivity index (χ3v) is 3.48. The van der Waals surface area contributed by atoms with E-state index in [1.165, 1.54) is 38.8 Å². The average Bonchev–Trinajstić information content (AvgIpc) is 2.51. The predicted molar refractivity (Wildman–Crippen MR) is 60.0 cm³/mol. The van der Waals surface area contributed by atoms with Crippen molar-refractivity contribution in [1.29, 1.82) is 0 Å². The number of hydrogen-bond donors (Lipinski definition) is 0. The molecular weight excluding hydrogens is 170 g/mol. The lowest BCUT2D eigenvalue weighted by molar-refractivity contribution is 0.0176. The molecule has 2 aliphatic rings. The molecule has 1 saturated heterocycles. The molecule has 0 amide bonds. The van der Waals surface area contributed by atoms with Gasteiger partial charge in [-0.3, -0.25) is 4.90 Å². The van der Waals surface area contributed by atoms with Crippen LogP contribution in [0.25, 0.3) is 0 Å². The van der Waals surface area contributed by atoms with E-state index in [-0.39, 0.29) is 0 Å². The lowest BCUT2D eigenvalue weighted by Crippen LogP contribution is -2.54. The first-order valence-electron chi connectivity index (χ1n) is 5.91. The van der Waals surface area contributed by atoms with Crippen molar-refractivity contribution in [2.75, 3.05) is 19.6 Å². The standard InChI is InChI=1S/C13H21N/c1-12(2)6-5-9-14-10-13(11-14)7-3-4-8-13/h12H,3-4,7-11H2,1-2H3. The van der Waals surface area contributed by atoms with Crippen LogP contribution in [0.2, 0.25) is 0 Å². The Morgan fingerprint density at radius 2 is 1.86 bits per heavy atom. The van der Waals surface area contributed by atoms with E-state index in [1.54, 1.807) is 0 Å². The largest absolute Gasteiger partial charge is 0.291 e. The highest BCUT2D eigenvalue weighted by atomic mass is 15.2. The highest BCUT2D eigenvalue weighted by Crippen LogP contribution is 2.44. The second-order valence-electron chi connectivity index (χ2n) is 5.33. The van der Waals surface area contributed by atoms with Crippen molar-refractivity contribution >= 4 is 0 Å². The highest BCUT2D eigenvalue weighted by molar-refractivity contribution is 5.07. The first-order valence-corrected chi connectivity index (χ1v) is 5.91. The van der Waals surface area contributed by atoms with E-state index >= 15 is 0 Å². The second-order valence-corrected chi connectivity index (χ2v) is 5.33. The van der Waals surface area contributed by atoms with Crippen molar-refractivity contribution in [3.63, 3.8) is 0 Å². The summed E-state index contributed by atoms with van der Waals surface area (Å²) in [5.74, 6) is 7.03. The lowest BCUT2D eigenvalue weighted by atomic mass is 9.78. The van der Waals surface area contributed by atoms with Crippen molar-refractivity contribution in [1.82, 2.24) is 4.90 Å². The number of nitrogens with zero attached hydrogens (tertiary/aromatic N) is 1. The molecule has 0 atom stereocenters. The molecule has 0 N–H and O–H groups in total. The Bertz CT molecular complexity index is 242. The summed E-state index contributed by atoms with van der Waals surface area (Å²) in [6, 6.07) is 0. The van der Waals surface area contributed by atoms with E-state index in [0.29, 0.717) is 5.92 Å². The molecule has 1 heterocycles. The molecule has 78 valence electrons. The molecule has 0 aromatic rings. The Labute approximate surface area is 87.9 Å². The van der Waals surface area contributed by atoms with Crippen molar-refractivity contribution in [2.24, 2.45) is 11.3 Å². The Kier molecular flexibility index (Phi) is 2.83. The van der Waals surface area contributed by atoms with Crippen LogP contribution < -0.4 is 0 Å². The Morgan fingerprint density at radius 3 is 2.43 bits per heavy atom. The summed E-state index contributed by atoms with van der Waals surface area (Å²) < 4.78 is 0. The summed E-state index contributed by atoms with van der Waals surface area (Å²) in [6.07, 6.45) is 5.87. The third-order valence-electron chi connectivity index (χ3n) is 3.48. The quantitative estimate of drug-likeness (QED) is 0.576. The molecule has 2 fully saturated rings. The summed E-state index contributed by atoms with van der Waals surface area (Å²) >= 11 is 0. The van der Waals surface area contributed by atoms with Gasteiger partial charge in [-0.15, -0.1) is 0 Å². The van der Waals surface area contributed by atoms with Gasteiger partial charge in [0.2, 0.25) is 0 Å². The van der Waals surface area contributed by atoms with Gasteiger partial charge in [0.05, 0.1) is 6.54 Å². The Morgan fingerprint density at radius 1 is 1.21 bits per heavy atom. The highest BCUT2D eigenvalue weighted by Gasteiger charge is 2.43. The molecule has 1 heteroatoms. The minimum Gasteiger partial charge on any atom is -0.291 e. The first-order chi connectivity index (χ1) is 6.70. The number of rotatable bonds is 1. The van der Waals surface area contributed by atoms with Crippen LogP contribution in [-0.4, -0.2) is 24.5 Å². The zero-order valence-corrected chi connectivity index (χ0v) is 9.47. The van der Waals surface area contributed by atoms with Crippen LogP contribution in [0.1, 0.15) is 39.5 Å². The monoisotopic (exact) mass is 191 g/mol. The minimum absolute atomic E-state index is 0.525. The molecule has 1 aliphatic heterocycles. The van der Waals surface area contributed by atoms with E-state index in [9.17, 15) is 0 Å². The van der Waals surface area contributed by atoms with Crippen molar-refractivity contribution in [3.8, 4) is 11.8 Å². The molecule has 1 nitrogen and oxygen atoms in total. The molecule has 2 rings (SSSR count). The van der Waals surface area contributed by atoms with E-state index in [4.69, 9.17) is 0 Å². The van der Waals surface area contributed by atoms with Crippen molar-refractivity contribution in [2.45, 2.75) is 39.5 Å². The van der Waals surface area contributed by atoms with Crippen molar-refractivity contribution < 1.29 is 0 Å². The molecule has 0 bridgehead atoms. The van der Waals surface area contributed by atoms with Gasteiger partial charge in [0.1, 0.15) is 0 Å². The van der Waals surface area contributed by atoms with Crippen LogP contribution in [0.5, 0.6) is 0 Å². The summed E-state index contributed by atoms with van der Waals surface area (Å²) in [6.45, 7) is 7.95. The van der Waals surface area contributed by atoms with Crippen LogP contribution in [0.15, 0.2) is 0 Å². The molecule has 1 aliphatic carbocycles. The number of hydrogen-bond acceptors (Lipinski definition) is 1. The maximum absolute atomic E-state index is 3.27. The first kappa shape index (κ1) is 10.1. The van der Waals surface area contributed by atoms with Gasteiger partial charge in [0.25, 0.3) is 0 Å². The maximum atomic E-state index is 3.27. The molecule has 0 unspecified atom stereocenters.